The van der Waals surface area contributed by atoms with E-state index in [2.05, 4.69) is 11.7 Å². The van der Waals surface area contributed by atoms with Gasteiger partial charge in [0.05, 0.1) is 0 Å². The van der Waals surface area contributed by atoms with E-state index >= 15 is 0 Å². The summed E-state index contributed by atoms with van der Waals surface area (Å²) >= 11 is 0. The summed E-state index contributed by atoms with van der Waals surface area (Å²) < 4.78 is 62.6. The second kappa shape index (κ2) is 9.42. The lowest BCUT2D eigenvalue weighted by atomic mass is 9.77. The fourth-order valence-corrected chi connectivity index (χ4v) is 4.29. The van der Waals surface area contributed by atoms with Crippen LogP contribution in [0, 0.1) is 29.2 Å². The van der Waals surface area contributed by atoms with Crippen LogP contribution in [0.5, 0.6) is 0 Å². The van der Waals surface area contributed by atoms with Gasteiger partial charge in [-0.25, -0.2) is 17.6 Å². The summed E-state index contributed by atoms with van der Waals surface area (Å²) in [6, 6.07) is 5.15. The van der Waals surface area contributed by atoms with Crippen molar-refractivity contribution in [3.8, 4) is 11.1 Å². The highest BCUT2D eigenvalue weighted by Gasteiger charge is 2.27. The maximum atomic E-state index is 14.8. The molecule has 0 bridgehead atoms. The minimum atomic E-state index is -1.30. The molecule has 1 aliphatic rings. The van der Waals surface area contributed by atoms with Crippen molar-refractivity contribution in [1.82, 2.24) is 0 Å². The number of benzene rings is 2. The van der Waals surface area contributed by atoms with Crippen LogP contribution in [0.4, 0.5) is 17.6 Å². The zero-order valence-corrected chi connectivity index (χ0v) is 16.3. The van der Waals surface area contributed by atoms with Crippen molar-refractivity contribution in [2.75, 3.05) is 0 Å². The molecule has 0 saturated heterocycles. The third-order valence-corrected chi connectivity index (χ3v) is 5.86. The summed E-state index contributed by atoms with van der Waals surface area (Å²) in [6.45, 7) is 1.82. The van der Waals surface area contributed by atoms with E-state index in [1.54, 1.807) is 0 Å². The summed E-state index contributed by atoms with van der Waals surface area (Å²) in [5.74, 6) is -4.13. The van der Waals surface area contributed by atoms with Crippen LogP contribution in [0.2, 0.25) is 0 Å². The standard InChI is InChI=1S/C23H24F4O2/c1-2-3-14-4-6-15(7-5-14)17-10-11-19(23(27)21(17)25)18-9-8-16(12-29-13-28)20(24)22(18)26/h8-11,13-15H,2-7,12H2,1H3. The van der Waals surface area contributed by atoms with Crippen molar-refractivity contribution >= 4 is 6.47 Å². The normalized spacial score (nSPS) is 19.2. The number of carbonyl (C=O) groups is 1. The molecule has 0 heterocycles. The SMILES string of the molecule is CCCC1CCC(c2ccc(-c3ccc(COC=O)c(F)c3F)c(F)c2F)CC1. The molecular formula is C23H24F4O2. The maximum Gasteiger partial charge on any atom is 0.293 e. The van der Waals surface area contributed by atoms with Gasteiger partial charge in [0, 0.05) is 16.7 Å². The molecule has 0 amide bonds. The molecule has 156 valence electrons. The van der Waals surface area contributed by atoms with Crippen molar-refractivity contribution in [2.24, 2.45) is 5.92 Å². The monoisotopic (exact) mass is 408 g/mol. The van der Waals surface area contributed by atoms with Gasteiger partial charge in [0.25, 0.3) is 6.47 Å². The Morgan fingerprint density at radius 2 is 1.52 bits per heavy atom. The third kappa shape index (κ3) is 4.46. The molecule has 2 nitrogen and oxygen atoms in total. The number of hydrogen-bond acceptors (Lipinski definition) is 2. The van der Waals surface area contributed by atoms with E-state index in [4.69, 9.17) is 0 Å². The Labute approximate surface area is 167 Å². The summed E-state index contributed by atoms with van der Waals surface area (Å²) in [5, 5.41) is 0. The summed E-state index contributed by atoms with van der Waals surface area (Å²) in [5.41, 5.74) is -0.574. The third-order valence-electron chi connectivity index (χ3n) is 5.86. The highest BCUT2D eigenvalue weighted by Crippen LogP contribution is 2.40. The molecule has 1 saturated carbocycles. The molecule has 2 aromatic rings. The van der Waals surface area contributed by atoms with Gasteiger partial charge in [-0.1, -0.05) is 44.0 Å². The molecule has 0 aliphatic heterocycles. The van der Waals surface area contributed by atoms with Crippen LogP contribution in [-0.4, -0.2) is 6.47 Å². The van der Waals surface area contributed by atoms with Gasteiger partial charge in [0.2, 0.25) is 0 Å². The molecule has 1 fully saturated rings. The molecule has 0 aromatic heterocycles. The van der Waals surface area contributed by atoms with Crippen LogP contribution in [0.25, 0.3) is 11.1 Å². The van der Waals surface area contributed by atoms with Gasteiger partial charge in [0.1, 0.15) is 6.61 Å². The first-order valence-corrected chi connectivity index (χ1v) is 9.98. The van der Waals surface area contributed by atoms with Crippen LogP contribution in [0.15, 0.2) is 24.3 Å². The Bertz CT molecular complexity index is 874. The smallest absolute Gasteiger partial charge is 0.293 e. The lowest BCUT2D eigenvalue weighted by Crippen LogP contribution is -2.15. The van der Waals surface area contributed by atoms with Gasteiger partial charge in [-0.3, -0.25) is 4.79 Å². The molecule has 29 heavy (non-hydrogen) atoms. The Morgan fingerprint density at radius 3 is 2.14 bits per heavy atom. The van der Waals surface area contributed by atoms with Crippen LogP contribution in [0.1, 0.15) is 62.5 Å². The van der Waals surface area contributed by atoms with Crippen LogP contribution >= 0.6 is 0 Å². The fraction of sp³-hybridized carbons (Fsp3) is 0.435. The predicted molar refractivity (Wildman–Crippen MR) is 102 cm³/mol. The number of hydrogen-bond donors (Lipinski definition) is 0. The lowest BCUT2D eigenvalue weighted by Gasteiger charge is -2.29. The van der Waals surface area contributed by atoms with Crippen molar-refractivity contribution in [3.63, 3.8) is 0 Å². The zero-order chi connectivity index (χ0) is 21.0. The van der Waals surface area contributed by atoms with Crippen molar-refractivity contribution in [3.05, 3.63) is 58.7 Å². The van der Waals surface area contributed by atoms with Crippen LogP contribution in [-0.2, 0) is 16.1 Å². The van der Waals surface area contributed by atoms with Crippen LogP contribution in [0.3, 0.4) is 0 Å². The second-order valence-corrected chi connectivity index (χ2v) is 7.64. The van der Waals surface area contributed by atoms with Crippen molar-refractivity contribution in [2.45, 2.75) is 58.0 Å². The molecule has 0 radical (unpaired) electrons. The number of halogens is 4. The molecule has 0 unspecified atom stereocenters. The Morgan fingerprint density at radius 1 is 0.897 bits per heavy atom. The van der Waals surface area contributed by atoms with Gasteiger partial charge < -0.3 is 4.74 Å². The molecule has 0 atom stereocenters. The number of carbonyl (C=O) groups excluding carboxylic acids is 1. The zero-order valence-electron chi connectivity index (χ0n) is 16.3. The van der Waals surface area contributed by atoms with E-state index in [1.807, 2.05) is 0 Å². The van der Waals surface area contributed by atoms with Gasteiger partial charge in [-0.15, -0.1) is 0 Å². The van der Waals surface area contributed by atoms with Gasteiger partial charge >= 0.3 is 0 Å². The summed E-state index contributed by atoms with van der Waals surface area (Å²) in [7, 11) is 0. The second-order valence-electron chi connectivity index (χ2n) is 7.64. The van der Waals surface area contributed by atoms with Crippen molar-refractivity contribution in [1.29, 1.82) is 0 Å². The van der Waals surface area contributed by atoms with Crippen LogP contribution < -0.4 is 0 Å². The first-order valence-electron chi connectivity index (χ1n) is 9.98. The summed E-state index contributed by atoms with van der Waals surface area (Å²) in [4.78, 5) is 10.2. The highest BCUT2D eigenvalue weighted by atomic mass is 19.2. The van der Waals surface area contributed by atoms with Gasteiger partial charge in [-0.2, -0.15) is 0 Å². The molecule has 1 aliphatic carbocycles. The first-order chi connectivity index (χ1) is 14.0. The first kappa shape index (κ1) is 21.3. The van der Waals surface area contributed by atoms with E-state index < -0.39 is 29.9 Å². The molecule has 6 heteroatoms. The molecule has 3 rings (SSSR count). The molecule has 2 aromatic carbocycles. The topological polar surface area (TPSA) is 26.3 Å². The highest BCUT2D eigenvalue weighted by molar-refractivity contribution is 5.66. The van der Waals surface area contributed by atoms with E-state index in [-0.39, 0.29) is 29.1 Å². The Kier molecular flexibility index (Phi) is 6.93. The average molecular weight is 408 g/mol. The maximum absolute atomic E-state index is 14.8. The molecule has 0 spiro atoms. The van der Waals surface area contributed by atoms with E-state index in [1.165, 1.54) is 18.2 Å². The quantitative estimate of drug-likeness (QED) is 0.378. The summed E-state index contributed by atoms with van der Waals surface area (Å²) in [6.07, 6.45) is 5.86. The number of rotatable bonds is 7. The molecule has 0 N–H and O–H groups in total. The predicted octanol–water partition coefficient (Wildman–Crippen LogP) is 6.66. The Hall–Kier alpha value is -2.37. The van der Waals surface area contributed by atoms with E-state index in [9.17, 15) is 22.4 Å². The fourth-order valence-electron chi connectivity index (χ4n) is 4.29. The van der Waals surface area contributed by atoms with Gasteiger partial charge in [0.15, 0.2) is 23.3 Å². The van der Waals surface area contributed by atoms with E-state index in [0.717, 1.165) is 44.6 Å². The average Bonchev–Trinajstić information content (AvgIpc) is 2.73. The minimum absolute atomic E-state index is 0.0592. The number of ether oxygens (including phenoxy) is 1. The largest absolute Gasteiger partial charge is 0.463 e. The van der Waals surface area contributed by atoms with Gasteiger partial charge in [-0.05, 0) is 43.1 Å². The Balaban J connectivity index is 1.87. The van der Waals surface area contributed by atoms with E-state index in [0.29, 0.717) is 11.5 Å². The molecular weight excluding hydrogens is 384 g/mol. The lowest BCUT2D eigenvalue weighted by molar-refractivity contribution is -0.129. The van der Waals surface area contributed by atoms with Crippen molar-refractivity contribution < 1.29 is 27.1 Å². The minimum Gasteiger partial charge on any atom is -0.463 e.